The Morgan fingerprint density at radius 3 is 2.36 bits per heavy atom. The van der Waals surface area contributed by atoms with Crippen LogP contribution in [0, 0.1) is 5.92 Å². The zero-order valence-corrected chi connectivity index (χ0v) is 21.3. The molecule has 14 heteroatoms. The summed E-state index contributed by atoms with van der Waals surface area (Å²) in [4.78, 5) is 51.1. The summed E-state index contributed by atoms with van der Waals surface area (Å²) in [5.41, 5.74) is 1.05. The van der Waals surface area contributed by atoms with Crippen molar-refractivity contribution in [1.82, 2.24) is 9.88 Å². The maximum Gasteiger partial charge on any atom is 0.308 e. The van der Waals surface area contributed by atoms with E-state index >= 15 is 0 Å². The number of anilines is 1. The SMILES string of the molecule is NS(=O)(=O)c1ccc(NC(=O)Cn2c3c(sc2=O)[C@@H](c2ccc(Cl)cc2)C2C(=O)NC(=O)C2S3)cc1. The Morgan fingerprint density at radius 1 is 1.06 bits per heavy atom. The molecule has 4 N–H and O–H groups in total. The Labute approximate surface area is 217 Å². The number of amides is 3. The second-order valence-electron chi connectivity index (χ2n) is 8.19. The lowest BCUT2D eigenvalue weighted by Crippen LogP contribution is -2.32. The molecule has 1 aromatic heterocycles. The first kappa shape index (κ1) is 24.7. The number of aromatic nitrogens is 1. The maximum absolute atomic E-state index is 13.0. The van der Waals surface area contributed by atoms with Crippen molar-refractivity contribution in [3.05, 3.63) is 73.7 Å². The molecule has 1 saturated heterocycles. The molecule has 36 heavy (non-hydrogen) atoms. The van der Waals surface area contributed by atoms with E-state index in [-0.39, 0.29) is 11.4 Å². The monoisotopic (exact) mass is 564 g/mol. The minimum absolute atomic E-state index is 0.104. The lowest BCUT2D eigenvalue weighted by molar-refractivity contribution is -0.126. The van der Waals surface area contributed by atoms with Gasteiger partial charge in [0.25, 0.3) is 0 Å². The number of nitrogens with one attached hydrogen (secondary N) is 2. The number of halogens is 1. The summed E-state index contributed by atoms with van der Waals surface area (Å²) in [5.74, 6) is -2.63. The highest BCUT2D eigenvalue weighted by atomic mass is 35.5. The molecule has 3 aromatic rings. The van der Waals surface area contributed by atoms with Crippen LogP contribution >= 0.6 is 34.7 Å². The fraction of sp³-hybridized carbons (Fsp3) is 0.182. The van der Waals surface area contributed by atoms with Crippen molar-refractivity contribution < 1.29 is 22.8 Å². The van der Waals surface area contributed by atoms with E-state index in [0.717, 1.165) is 28.7 Å². The second kappa shape index (κ2) is 9.16. The van der Waals surface area contributed by atoms with Crippen LogP contribution in [-0.4, -0.2) is 36.0 Å². The first-order chi connectivity index (χ1) is 17.0. The van der Waals surface area contributed by atoms with Gasteiger partial charge in [-0.15, -0.1) is 0 Å². The number of hydrogen-bond donors (Lipinski definition) is 3. The van der Waals surface area contributed by atoms with Gasteiger partial charge in [-0.2, -0.15) is 0 Å². The lowest BCUT2D eigenvalue weighted by Gasteiger charge is -2.30. The number of fused-ring (bicyclic) bond motifs is 2. The van der Waals surface area contributed by atoms with Crippen LogP contribution in [0.15, 0.2) is 63.2 Å². The van der Waals surface area contributed by atoms with Gasteiger partial charge in [0.05, 0.1) is 15.8 Å². The van der Waals surface area contributed by atoms with Gasteiger partial charge >= 0.3 is 4.87 Å². The molecule has 0 aliphatic carbocycles. The number of primary sulfonamides is 1. The number of carbonyl (C=O) groups excluding carboxylic acids is 3. The summed E-state index contributed by atoms with van der Waals surface area (Å²) in [6.45, 7) is -0.338. The number of imide groups is 1. The first-order valence-corrected chi connectivity index (χ1v) is 14.1. The third kappa shape index (κ3) is 4.48. The Bertz CT molecular complexity index is 1560. The van der Waals surface area contributed by atoms with E-state index in [4.69, 9.17) is 16.7 Å². The normalized spacial score (nSPS) is 21.0. The van der Waals surface area contributed by atoms with Gasteiger partial charge in [0.1, 0.15) is 11.8 Å². The molecule has 5 rings (SSSR count). The van der Waals surface area contributed by atoms with Crippen LogP contribution in [0.3, 0.4) is 0 Å². The predicted octanol–water partition coefficient (Wildman–Crippen LogP) is 1.73. The van der Waals surface area contributed by atoms with Crippen LogP contribution < -0.4 is 20.6 Å². The topological polar surface area (TPSA) is 157 Å². The molecular weight excluding hydrogens is 548 g/mol. The van der Waals surface area contributed by atoms with Gasteiger partial charge in [-0.25, -0.2) is 13.6 Å². The van der Waals surface area contributed by atoms with E-state index in [0.29, 0.717) is 20.6 Å². The third-order valence-corrected chi connectivity index (χ3v) is 9.68. The number of thioether (sulfide) groups is 1. The lowest BCUT2D eigenvalue weighted by atomic mass is 9.83. The van der Waals surface area contributed by atoms with Crippen molar-refractivity contribution in [3.8, 4) is 0 Å². The molecule has 10 nitrogen and oxygen atoms in total. The molecule has 3 atom stereocenters. The maximum atomic E-state index is 13.0. The second-order valence-corrected chi connectivity index (χ2v) is 12.3. The van der Waals surface area contributed by atoms with Crippen molar-refractivity contribution in [2.75, 3.05) is 5.32 Å². The zero-order valence-electron chi connectivity index (χ0n) is 18.1. The fourth-order valence-corrected chi connectivity index (χ4v) is 7.66. The molecule has 0 bridgehead atoms. The number of hydrogen-bond acceptors (Lipinski definition) is 8. The van der Waals surface area contributed by atoms with E-state index in [1.807, 2.05) is 0 Å². The molecule has 0 spiro atoms. The largest absolute Gasteiger partial charge is 0.325 e. The van der Waals surface area contributed by atoms with Crippen LogP contribution in [0.5, 0.6) is 0 Å². The minimum atomic E-state index is -3.87. The van der Waals surface area contributed by atoms with Crippen LogP contribution in [0.25, 0.3) is 0 Å². The summed E-state index contributed by atoms with van der Waals surface area (Å²) in [7, 11) is -3.87. The van der Waals surface area contributed by atoms with E-state index < -0.39 is 49.7 Å². The van der Waals surface area contributed by atoms with Crippen molar-refractivity contribution in [2.24, 2.45) is 11.1 Å². The number of sulfonamides is 1. The van der Waals surface area contributed by atoms with Crippen LogP contribution in [-0.2, 0) is 31.0 Å². The highest BCUT2D eigenvalue weighted by molar-refractivity contribution is 8.00. The number of benzene rings is 2. The number of nitrogens with zero attached hydrogens (tertiary/aromatic N) is 1. The summed E-state index contributed by atoms with van der Waals surface area (Å²) < 4.78 is 24.1. The number of thiazole rings is 1. The average Bonchev–Trinajstić information content (AvgIpc) is 3.28. The molecule has 2 aliphatic heterocycles. The van der Waals surface area contributed by atoms with E-state index in [1.165, 1.54) is 28.8 Å². The van der Waals surface area contributed by atoms with Gasteiger partial charge in [0.15, 0.2) is 0 Å². The highest BCUT2D eigenvalue weighted by Crippen LogP contribution is 2.51. The summed E-state index contributed by atoms with van der Waals surface area (Å²) in [6, 6.07) is 12.1. The fourth-order valence-electron chi connectivity index (χ4n) is 4.28. The Kier molecular flexibility index (Phi) is 6.29. The van der Waals surface area contributed by atoms with Gasteiger partial charge in [-0.05, 0) is 42.0 Å². The van der Waals surface area contributed by atoms with Gasteiger partial charge in [-0.1, -0.05) is 46.8 Å². The minimum Gasteiger partial charge on any atom is -0.325 e. The molecule has 2 unspecified atom stereocenters. The molecule has 3 amide bonds. The molecule has 1 fully saturated rings. The van der Waals surface area contributed by atoms with Crippen molar-refractivity contribution >= 4 is 68.1 Å². The first-order valence-electron chi connectivity index (χ1n) is 10.5. The molecule has 3 heterocycles. The summed E-state index contributed by atoms with van der Waals surface area (Å²) >= 11 is 8.05. The van der Waals surface area contributed by atoms with E-state index in [9.17, 15) is 27.6 Å². The van der Waals surface area contributed by atoms with Gasteiger partial charge < -0.3 is 5.32 Å². The van der Waals surface area contributed by atoms with Gasteiger partial charge in [0, 0.05) is 21.5 Å². The van der Waals surface area contributed by atoms with Crippen LogP contribution in [0.4, 0.5) is 5.69 Å². The molecule has 0 radical (unpaired) electrons. The standard InChI is InChI=1S/C22H17ClN4O6S3/c23-11-3-1-10(2-4-11)15-16-17(20(30)26-19(16)29)34-21-18(15)35-22(31)27(21)9-14(28)25-12-5-7-13(8-6-12)36(24,32)33/h1-8,15-17H,9H2,(H,25,28)(H2,24,32,33)(H,26,29,30)/t15-,16?,17?/m0/s1. The van der Waals surface area contributed by atoms with Gasteiger partial charge in [0.2, 0.25) is 27.7 Å². The molecule has 0 saturated carbocycles. The quantitative estimate of drug-likeness (QED) is 0.398. The average molecular weight is 565 g/mol. The zero-order chi connectivity index (χ0) is 25.8. The van der Waals surface area contributed by atoms with E-state index in [1.54, 1.807) is 24.3 Å². The number of nitrogens with two attached hydrogens (primary N) is 1. The Morgan fingerprint density at radius 2 is 1.72 bits per heavy atom. The molecule has 2 aromatic carbocycles. The number of rotatable bonds is 5. The van der Waals surface area contributed by atoms with Crippen molar-refractivity contribution in [3.63, 3.8) is 0 Å². The van der Waals surface area contributed by atoms with E-state index in [2.05, 4.69) is 10.6 Å². The smallest absolute Gasteiger partial charge is 0.308 e. The molecule has 2 aliphatic rings. The summed E-state index contributed by atoms with van der Waals surface area (Å²) in [5, 5.41) is 10.3. The van der Waals surface area contributed by atoms with Crippen LogP contribution in [0.2, 0.25) is 5.02 Å². The van der Waals surface area contributed by atoms with Crippen LogP contribution in [0.1, 0.15) is 16.4 Å². The predicted molar refractivity (Wildman–Crippen MR) is 135 cm³/mol. The van der Waals surface area contributed by atoms with Crippen molar-refractivity contribution in [2.45, 2.75) is 27.6 Å². The molecular formula is C22H17ClN4O6S3. The van der Waals surface area contributed by atoms with Gasteiger partial charge in [-0.3, -0.25) is 29.1 Å². The Hall–Kier alpha value is -2.97. The van der Waals surface area contributed by atoms with Crippen molar-refractivity contribution in [1.29, 1.82) is 0 Å². The molecule has 186 valence electrons. The number of carbonyl (C=O) groups is 3. The highest BCUT2D eigenvalue weighted by Gasteiger charge is 2.52. The Balaban J connectivity index is 1.47. The summed E-state index contributed by atoms with van der Waals surface area (Å²) in [6.07, 6.45) is 0. The third-order valence-electron chi connectivity index (χ3n) is 5.88.